The molecule has 0 aromatic heterocycles. The van der Waals surface area contributed by atoms with Crippen LogP contribution in [0.15, 0.2) is 18.2 Å². The molecule has 0 aliphatic carbocycles. The van der Waals surface area contributed by atoms with Crippen LogP contribution in [0.4, 0.5) is 0 Å². The Morgan fingerprint density at radius 2 is 2.05 bits per heavy atom. The van der Waals surface area contributed by atoms with Gasteiger partial charge in [-0.25, -0.2) is 0 Å². The van der Waals surface area contributed by atoms with Crippen molar-refractivity contribution in [2.75, 3.05) is 19.7 Å². The number of carbonyl (C=O) groups excluding carboxylic acids is 1. The van der Waals surface area contributed by atoms with Gasteiger partial charge in [-0.2, -0.15) is 0 Å². The molecule has 0 N–H and O–H groups in total. The quantitative estimate of drug-likeness (QED) is 0.847. The predicted molar refractivity (Wildman–Crippen MR) is 88.3 cm³/mol. The lowest BCUT2D eigenvalue weighted by atomic mass is 9.74. The molecule has 0 radical (unpaired) electrons. The molecule has 3 nitrogen and oxygen atoms in total. The van der Waals surface area contributed by atoms with E-state index in [9.17, 15) is 4.79 Å². The van der Waals surface area contributed by atoms with E-state index in [4.69, 9.17) is 4.74 Å². The average Bonchev–Trinajstić information content (AvgIpc) is 2.93. The minimum absolute atomic E-state index is 0.182. The van der Waals surface area contributed by atoms with Crippen LogP contribution in [0.1, 0.15) is 56.0 Å². The summed E-state index contributed by atoms with van der Waals surface area (Å²) in [6.45, 7) is 9.46. The Bertz CT molecular complexity index is 557. The minimum Gasteiger partial charge on any atom is -0.493 e. The van der Waals surface area contributed by atoms with Crippen molar-refractivity contribution in [3.63, 3.8) is 0 Å². The normalized spacial score (nSPS) is 19.9. The maximum atomic E-state index is 12.7. The molecule has 120 valence electrons. The van der Waals surface area contributed by atoms with Gasteiger partial charge in [-0.1, -0.05) is 20.8 Å². The van der Waals surface area contributed by atoms with Crippen molar-refractivity contribution in [3.8, 4) is 5.75 Å². The molecule has 0 spiro atoms. The Kier molecular flexibility index (Phi) is 4.16. The van der Waals surface area contributed by atoms with Crippen LogP contribution in [-0.4, -0.2) is 30.5 Å². The molecule has 0 atom stereocenters. The number of amides is 1. The third kappa shape index (κ3) is 3.13. The van der Waals surface area contributed by atoms with E-state index in [1.165, 1.54) is 12.0 Å². The predicted octanol–water partition coefficient (Wildman–Crippen LogP) is 3.91. The summed E-state index contributed by atoms with van der Waals surface area (Å²) < 4.78 is 5.52. The summed E-state index contributed by atoms with van der Waals surface area (Å²) in [5, 5.41) is 0. The van der Waals surface area contributed by atoms with Crippen molar-refractivity contribution in [2.24, 2.45) is 11.3 Å². The third-order valence-electron chi connectivity index (χ3n) is 5.10. The minimum atomic E-state index is 0.182. The molecule has 2 aliphatic rings. The lowest BCUT2D eigenvalue weighted by Gasteiger charge is -2.40. The number of likely N-dealkylation sites (tertiary alicyclic amines) is 1. The van der Waals surface area contributed by atoms with Crippen molar-refractivity contribution >= 4 is 5.91 Å². The van der Waals surface area contributed by atoms with Gasteiger partial charge in [0.25, 0.3) is 5.91 Å². The first kappa shape index (κ1) is 15.4. The second-order valence-electron chi connectivity index (χ2n) is 7.62. The van der Waals surface area contributed by atoms with Gasteiger partial charge in [0.15, 0.2) is 0 Å². The second kappa shape index (κ2) is 5.94. The van der Waals surface area contributed by atoms with Crippen LogP contribution in [0.5, 0.6) is 5.75 Å². The number of benzene rings is 1. The highest BCUT2D eigenvalue weighted by atomic mass is 16.5. The van der Waals surface area contributed by atoms with Gasteiger partial charge in [0, 0.05) is 25.1 Å². The van der Waals surface area contributed by atoms with Crippen LogP contribution in [-0.2, 0) is 6.42 Å². The number of carbonyl (C=O) groups is 1. The van der Waals surface area contributed by atoms with Crippen molar-refractivity contribution in [1.29, 1.82) is 0 Å². The van der Waals surface area contributed by atoms with E-state index in [1.807, 2.05) is 23.1 Å². The Morgan fingerprint density at radius 1 is 1.32 bits per heavy atom. The van der Waals surface area contributed by atoms with Crippen LogP contribution in [0, 0.1) is 11.3 Å². The molecule has 0 unspecified atom stereocenters. The fourth-order valence-corrected chi connectivity index (χ4v) is 3.94. The highest BCUT2D eigenvalue weighted by Gasteiger charge is 2.32. The maximum absolute atomic E-state index is 12.7. The number of ether oxygens (including phenoxy) is 1. The van der Waals surface area contributed by atoms with Crippen molar-refractivity contribution < 1.29 is 9.53 Å². The Labute approximate surface area is 133 Å². The van der Waals surface area contributed by atoms with Crippen molar-refractivity contribution in [2.45, 2.75) is 46.5 Å². The monoisotopic (exact) mass is 301 g/mol. The van der Waals surface area contributed by atoms with Gasteiger partial charge in [0.2, 0.25) is 0 Å². The highest BCUT2D eigenvalue weighted by Crippen LogP contribution is 2.37. The molecular weight excluding hydrogens is 274 g/mol. The standard InChI is InChI=1S/C19H27NO2/c1-14(2)13-19(3)7-9-20(10-8-19)18(21)16-4-5-17-15(12-16)6-11-22-17/h4-5,12,14H,6-11,13H2,1-3H3. The zero-order valence-electron chi connectivity index (χ0n) is 14.0. The lowest BCUT2D eigenvalue weighted by molar-refractivity contribution is 0.0570. The zero-order valence-corrected chi connectivity index (χ0v) is 14.0. The van der Waals surface area contributed by atoms with Gasteiger partial charge < -0.3 is 9.64 Å². The van der Waals surface area contributed by atoms with E-state index in [-0.39, 0.29) is 5.91 Å². The van der Waals surface area contributed by atoms with Gasteiger partial charge >= 0.3 is 0 Å². The maximum Gasteiger partial charge on any atom is 0.253 e. The number of nitrogens with zero attached hydrogens (tertiary/aromatic N) is 1. The summed E-state index contributed by atoms with van der Waals surface area (Å²) in [5.41, 5.74) is 2.39. The van der Waals surface area contributed by atoms with Crippen LogP contribution in [0.3, 0.4) is 0 Å². The van der Waals surface area contributed by atoms with E-state index < -0.39 is 0 Å². The molecule has 2 heterocycles. The topological polar surface area (TPSA) is 29.5 Å². The van der Waals surface area contributed by atoms with Gasteiger partial charge in [-0.15, -0.1) is 0 Å². The van der Waals surface area contributed by atoms with E-state index >= 15 is 0 Å². The van der Waals surface area contributed by atoms with E-state index in [1.54, 1.807) is 0 Å². The van der Waals surface area contributed by atoms with Crippen molar-refractivity contribution in [1.82, 2.24) is 4.90 Å². The fourth-order valence-electron chi connectivity index (χ4n) is 3.94. The summed E-state index contributed by atoms with van der Waals surface area (Å²) in [6.07, 6.45) is 4.41. The largest absolute Gasteiger partial charge is 0.493 e. The van der Waals surface area contributed by atoms with Gasteiger partial charge in [0.05, 0.1) is 6.61 Å². The van der Waals surface area contributed by atoms with Crippen LogP contribution in [0.25, 0.3) is 0 Å². The number of fused-ring (bicyclic) bond motifs is 1. The van der Waals surface area contributed by atoms with Crippen LogP contribution >= 0.6 is 0 Å². The second-order valence-corrected chi connectivity index (χ2v) is 7.62. The van der Waals surface area contributed by atoms with Gasteiger partial charge in [-0.05, 0) is 54.4 Å². The van der Waals surface area contributed by atoms with E-state index in [2.05, 4.69) is 20.8 Å². The van der Waals surface area contributed by atoms with Crippen molar-refractivity contribution in [3.05, 3.63) is 29.3 Å². The summed E-state index contributed by atoms with van der Waals surface area (Å²) in [6, 6.07) is 5.88. The first-order valence-electron chi connectivity index (χ1n) is 8.52. The molecule has 3 rings (SSSR count). The van der Waals surface area contributed by atoms with E-state index in [0.717, 1.165) is 56.2 Å². The SMILES string of the molecule is CC(C)CC1(C)CCN(C(=O)c2ccc3c(c2)CCO3)CC1. The molecule has 2 aliphatic heterocycles. The lowest BCUT2D eigenvalue weighted by Crippen LogP contribution is -2.42. The zero-order chi connectivity index (χ0) is 15.7. The van der Waals surface area contributed by atoms with Gasteiger partial charge in [-0.3, -0.25) is 4.79 Å². The molecule has 1 amide bonds. The summed E-state index contributed by atoms with van der Waals surface area (Å²) in [4.78, 5) is 14.7. The number of piperidine rings is 1. The highest BCUT2D eigenvalue weighted by molar-refractivity contribution is 5.94. The van der Waals surface area contributed by atoms with Crippen LogP contribution in [0.2, 0.25) is 0 Å². The summed E-state index contributed by atoms with van der Waals surface area (Å²) in [7, 11) is 0. The Morgan fingerprint density at radius 3 is 2.73 bits per heavy atom. The fraction of sp³-hybridized carbons (Fsp3) is 0.632. The Balaban J connectivity index is 1.65. The number of rotatable bonds is 3. The molecule has 1 saturated heterocycles. The van der Waals surface area contributed by atoms with E-state index in [0.29, 0.717) is 5.41 Å². The molecule has 1 aromatic carbocycles. The summed E-state index contributed by atoms with van der Waals surface area (Å²) >= 11 is 0. The molecule has 3 heteroatoms. The Hall–Kier alpha value is -1.51. The summed E-state index contributed by atoms with van der Waals surface area (Å²) in [5.74, 6) is 1.85. The first-order chi connectivity index (χ1) is 10.5. The average molecular weight is 301 g/mol. The molecule has 0 bridgehead atoms. The number of hydrogen-bond acceptors (Lipinski definition) is 2. The molecule has 1 aromatic rings. The smallest absolute Gasteiger partial charge is 0.253 e. The molecular formula is C19H27NO2. The third-order valence-corrected chi connectivity index (χ3v) is 5.10. The molecule has 1 fully saturated rings. The molecule has 22 heavy (non-hydrogen) atoms. The van der Waals surface area contributed by atoms with Crippen LogP contribution < -0.4 is 4.74 Å². The molecule has 0 saturated carbocycles. The van der Waals surface area contributed by atoms with Gasteiger partial charge in [0.1, 0.15) is 5.75 Å². The number of hydrogen-bond donors (Lipinski definition) is 0. The first-order valence-corrected chi connectivity index (χ1v) is 8.52.